The van der Waals surface area contributed by atoms with Crippen LogP contribution in [0.2, 0.25) is 0 Å². The zero-order chi connectivity index (χ0) is 15.0. The van der Waals surface area contributed by atoms with Gasteiger partial charge in [0.2, 0.25) is 0 Å². The molecule has 0 saturated heterocycles. The zero-order valence-electron chi connectivity index (χ0n) is 13.9. The van der Waals surface area contributed by atoms with Crippen molar-refractivity contribution in [3.8, 4) is 0 Å². The molecule has 0 bridgehead atoms. The summed E-state index contributed by atoms with van der Waals surface area (Å²) in [5.74, 6) is 0.824. The van der Waals surface area contributed by atoms with Gasteiger partial charge in [-0.1, -0.05) is 50.5 Å². The Kier molecular flexibility index (Phi) is 4.49. The van der Waals surface area contributed by atoms with Crippen molar-refractivity contribution in [3.63, 3.8) is 0 Å². The molecular formula is C19H32O. The highest BCUT2D eigenvalue weighted by molar-refractivity contribution is 5.28. The van der Waals surface area contributed by atoms with Gasteiger partial charge in [0.15, 0.2) is 0 Å². The highest BCUT2D eigenvalue weighted by Gasteiger charge is 2.49. The zero-order valence-corrected chi connectivity index (χ0v) is 13.9. The van der Waals surface area contributed by atoms with Gasteiger partial charge in [-0.15, -0.1) is 0 Å². The molecule has 0 aromatic rings. The summed E-state index contributed by atoms with van der Waals surface area (Å²) in [6.07, 6.45) is 8.77. The van der Waals surface area contributed by atoms with Crippen LogP contribution in [0, 0.1) is 16.7 Å². The van der Waals surface area contributed by atoms with Gasteiger partial charge in [-0.3, -0.25) is 0 Å². The molecule has 20 heavy (non-hydrogen) atoms. The third-order valence-electron chi connectivity index (χ3n) is 6.19. The predicted octanol–water partition coefficient (Wildman–Crippen LogP) is 5.26. The molecule has 1 heteroatoms. The van der Waals surface area contributed by atoms with E-state index in [0.29, 0.717) is 10.8 Å². The smallest absolute Gasteiger partial charge is 0.0639 e. The molecule has 2 atom stereocenters. The van der Waals surface area contributed by atoms with E-state index < -0.39 is 0 Å². The van der Waals surface area contributed by atoms with E-state index in [9.17, 15) is 5.11 Å². The molecule has 0 aromatic heterocycles. The Morgan fingerprint density at radius 1 is 1.30 bits per heavy atom. The Hall–Kier alpha value is -0.560. The van der Waals surface area contributed by atoms with Crippen LogP contribution in [0.15, 0.2) is 23.3 Å². The number of aliphatic hydroxyl groups is 1. The molecule has 1 N–H and O–H groups in total. The number of hydrogen-bond donors (Lipinski definition) is 1. The first-order valence-corrected chi connectivity index (χ1v) is 8.28. The molecule has 0 radical (unpaired) electrons. The van der Waals surface area contributed by atoms with Crippen molar-refractivity contribution in [1.29, 1.82) is 0 Å². The Morgan fingerprint density at radius 3 is 2.65 bits per heavy atom. The maximum Gasteiger partial charge on any atom is 0.0639 e. The number of aliphatic hydroxyl groups excluding tert-OH is 1. The first-order valence-electron chi connectivity index (χ1n) is 8.28. The summed E-state index contributed by atoms with van der Waals surface area (Å²) in [4.78, 5) is 0. The van der Waals surface area contributed by atoms with Gasteiger partial charge in [-0.25, -0.2) is 0 Å². The maximum absolute atomic E-state index is 9.19. The quantitative estimate of drug-likeness (QED) is 0.695. The minimum atomic E-state index is 0.137. The molecule has 114 valence electrons. The van der Waals surface area contributed by atoms with Crippen molar-refractivity contribution in [2.75, 3.05) is 6.61 Å². The monoisotopic (exact) mass is 276 g/mol. The van der Waals surface area contributed by atoms with Gasteiger partial charge in [-0.05, 0) is 62.2 Å². The van der Waals surface area contributed by atoms with Crippen LogP contribution in [0.5, 0.6) is 0 Å². The van der Waals surface area contributed by atoms with Crippen LogP contribution in [0.3, 0.4) is 0 Å². The van der Waals surface area contributed by atoms with Gasteiger partial charge in [0.1, 0.15) is 0 Å². The second kappa shape index (κ2) is 5.67. The lowest BCUT2D eigenvalue weighted by Crippen LogP contribution is -2.45. The summed E-state index contributed by atoms with van der Waals surface area (Å²) >= 11 is 0. The van der Waals surface area contributed by atoms with Gasteiger partial charge in [0, 0.05) is 0 Å². The Labute approximate surface area is 125 Å². The molecule has 0 heterocycles. The van der Waals surface area contributed by atoms with Gasteiger partial charge in [0.05, 0.1) is 6.61 Å². The third-order valence-corrected chi connectivity index (χ3v) is 6.19. The first kappa shape index (κ1) is 15.8. The van der Waals surface area contributed by atoms with Crippen LogP contribution in [-0.2, 0) is 0 Å². The van der Waals surface area contributed by atoms with E-state index in [2.05, 4.69) is 34.3 Å². The first-order chi connectivity index (χ1) is 9.31. The molecule has 0 unspecified atom stereocenters. The lowest BCUT2D eigenvalue weighted by Gasteiger charge is -2.55. The Balaban J connectivity index is 2.26. The maximum atomic E-state index is 9.19. The highest BCUT2D eigenvalue weighted by Crippen LogP contribution is 2.60. The Bertz CT molecular complexity index is 415. The average Bonchev–Trinajstić information content (AvgIpc) is 2.36. The van der Waals surface area contributed by atoms with Crippen molar-refractivity contribution in [2.24, 2.45) is 16.7 Å². The fourth-order valence-electron chi connectivity index (χ4n) is 5.07. The summed E-state index contributed by atoms with van der Waals surface area (Å²) in [6.45, 7) is 13.9. The fraction of sp³-hybridized carbons (Fsp3) is 0.789. The van der Waals surface area contributed by atoms with Crippen LogP contribution in [0.1, 0.15) is 72.6 Å². The fourth-order valence-corrected chi connectivity index (χ4v) is 5.07. The van der Waals surface area contributed by atoms with Crippen molar-refractivity contribution in [1.82, 2.24) is 0 Å². The molecule has 0 aliphatic heterocycles. The topological polar surface area (TPSA) is 20.2 Å². The summed E-state index contributed by atoms with van der Waals surface area (Å²) < 4.78 is 0. The Morgan fingerprint density at radius 2 is 2.00 bits per heavy atom. The summed E-state index contributed by atoms with van der Waals surface area (Å²) in [6, 6.07) is 0. The van der Waals surface area contributed by atoms with Gasteiger partial charge >= 0.3 is 0 Å². The van der Waals surface area contributed by atoms with E-state index in [-0.39, 0.29) is 6.61 Å². The lowest BCUT2D eigenvalue weighted by molar-refractivity contribution is 0.0104. The lowest BCUT2D eigenvalue weighted by atomic mass is 9.50. The largest absolute Gasteiger partial charge is 0.392 e. The van der Waals surface area contributed by atoms with Crippen LogP contribution in [0.4, 0.5) is 0 Å². The van der Waals surface area contributed by atoms with Crippen molar-refractivity contribution < 1.29 is 5.11 Å². The third kappa shape index (κ3) is 2.74. The molecule has 1 saturated carbocycles. The summed E-state index contributed by atoms with van der Waals surface area (Å²) in [5.41, 5.74) is 5.15. The van der Waals surface area contributed by atoms with Crippen LogP contribution in [-0.4, -0.2) is 11.7 Å². The summed E-state index contributed by atoms with van der Waals surface area (Å²) in [7, 11) is 0. The van der Waals surface area contributed by atoms with Crippen molar-refractivity contribution in [2.45, 2.75) is 72.6 Å². The molecule has 2 rings (SSSR count). The van der Waals surface area contributed by atoms with E-state index in [1.54, 1.807) is 11.1 Å². The molecule has 1 fully saturated rings. The number of allylic oxidation sites excluding steroid dienone is 2. The van der Waals surface area contributed by atoms with Gasteiger partial charge in [0.25, 0.3) is 0 Å². The van der Waals surface area contributed by atoms with Crippen molar-refractivity contribution in [3.05, 3.63) is 23.3 Å². The predicted molar refractivity (Wildman–Crippen MR) is 86.6 cm³/mol. The van der Waals surface area contributed by atoms with Crippen LogP contribution < -0.4 is 0 Å². The number of hydrogen-bond acceptors (Lipinski definition) is 1. The van der Waals surface area contributed by atoms with E-state index in [1.165, 1.54) is 32.1 Å². The van der Waals surface area contributed by atoms with Crippen LogP contribution in [0.25, 0.3) is 0 Å². The van der Waals surface area contributed by atoms with Crippen molar-refractivity contribution >= 4 is 0 Å². The van der Waals surface area contributed by atoms with E-state index >= 15 is 0 Å². The van der Waals surface area contributed by atoms with Crippen LogP contribution >= 0.6 is 0 Å². The standard InChI is InChI=1S/C19H32O/c1-14(13-20)7-9-16-15(2)8-10-17-18(3,4)11-6-12-19(16,17)5/h17,20H,1,6-13H2,2-5H3/t17-,19+/m0/s1. The number of rotatable bonds is 4. The second-order valence-electron chi connectivity index (χ2n) is 8.02. The van der Waals surface area contributed by atoms with Gasteiger partial charge < -0.3 is 5.11 Å². The van der Waals surface area contributed by atoms with E-state index in [4.69, 9.17) is 0 Å². The summed E-state index contributed by atoms with van der Waals surface area (Å²) in [5, 5.41) is 9.19. The molecule has 2 aliphatic carbocycles. The molecule has 0 aromatic carbocycles. The number of fused-ring (bicyclic) bond motifs is 1. The molecule has 1 nitrogen and oxygen atoms in total. The highest BCUT2D eigenvalue weighted by atomic mass is 16.3. The second-order valence-corrected chi connectivity index (χ2v) is 8.02. The molecule has 0 amide bonds. The SMILES string of the molecule is C=C(CO)CCC1=C(C)CC[C@H]2C(C)(C)CCC[C@]12C. The van der Waals surface area contributed by atoms with Gasteiger partial charge in [-0.2, -0.15) is 0 Å². The molecule has 2 aliphatic rings. The molecular weight excluding hydrogens is 244 g/mol. The van der Waals surface area contributed by atoms with E-state index in [0.717, 1.165) is 24.3 Å². The normalized spacial score (nSPS) is 33.0. The molecule has 0 spiro atoms. The van der Waals surface area contributed by atoms with E-state index in [1.807, 2.05) is 0 Å². The minimum Gasteiger partial charge on any atom is -0.392 e. The average molecular weight is 276 g/mol. The minimum absolute atomic E-state index is 0.137.